The molecule has 0 aliphatic rings. The van der Waals surface area contributed by atoms with E-state index in [1.54, 1.807) is 23.9 Å². The summed E-state index contributed by atoms with van der Waals surface area (Å²) in [6.07, 6.45) is 3.94. The van der Waals surface area contributed by atoms with E-state index in [9.17, 15) is 9.59 Å². The number of hydrogen-bond acceptors (Lipinski definition) is 5. The molecule has 0 unspecified atom stereocenters. The van der Waals surface area contributed by atoms with Crippen molar-refractivity contribution >= 4 is 23.3 Å². The molecule has 0 spiro atoms. The molecule has 0 aliphatic heterocycles. The van der Waals surface area contributed by atoms with Crippen molar-refractivity contribution in [1.82, 2.24) is 0 Å². The number of ketones is 2. The van der Waals surface area contributed by atoms with Crippen LogP contribution in [0.5, 0.6) is 0 Å². The first-order valence-corrected chi connectivity index (χ1v) is 6.38. The third kappa shape index (κ3) is 3.83. The lowest BCUT2D eigenvalue weighted by atomic mass is 10.0. The first kappa shape index (κ1) is 13.0. The summed E-state index contributed by atoms with van der Waals surface area (Å²) in [4.78, 5) is 23.1. The van der Waals surface area contributed by atoms with Gasteiger partial charge in [-0.15, -0.1) is 0 Å². The van der Waals surface area contributed by atoms with E-state index in [0.717, 1.165) is 5.75 Å². The standard InChI is InChI=1S/C11H15NO3S/c1-16-6-4-9(12)11(14)10(13)7-8-3-2-5-15-8/h2-3,5,9H,4,6-7,12H2,1H3/t9-/m0/s1. The molecule has 1 heterocycles. The van der Waals surface area contributed by atoms with Crippen LogP contribution in [0.25, 0.3) is 0 Å². The Labute approximate surface area is 98.6 Å². The molecule has 1 atom stereocenters. The molecule has 2 N–H and O–H groups in total. The van der Waals surface area contributed by atoms with E-state index in [1.165, 1.54) is 6.26 Å². The minimum absolute atomic E-state index is 0.00119. The van der Waals surface area contributed by atoms with Crippen molar-refractivity contribution in [3.05, 3.63) is 24.2 Å². The molecule has 1 aromatic rings. The summed E-state index contributed by atoms with van der Waals surface area (Å²) in [6.45, 7) is 0. The zero-order chi connectivity index (χ0) is 12.0. The molecule has 16 heavy (non-hydrogen) atoms. The fourth-order valence-corrected chi connectivity index (χ4v) is 1.73. The first-order valence-electron chi connectivity index (χ1n) is 4.99. The van der Waals surface area contributed by atoms with E-state index in [-0.39, 0.29) is 6.42 Å². The quantitative estimate of drug-likeness (QED) is 0.722. The Morgan fingerprint density at radius 3 is 2.88 bits per heavy atom. The molecule has 88 valence electrons. The van der Waals surface area contributed by atoms with Crippen LogP contribution in [0.15, 0.2) is 22.8 Å². The van der Waals surface area contributed by atoms with Crippen LogP contribution >= 0.6 is 11.8 Å². The first-order chi connectivity index (χ1) is 7.65. The summed E-state index contributed by atoms with van der Waals surface area (Å²) in [6, 6.07) is 2.66. The lowest BCUT2D eigenvalue weighted by Gasteiger charge is -2.07. The van der Waals surface area contributed by atoms with Crippen molar-refractivity contribution in [1.29, 1.82) is 0 Å². The third-order valence-corrected chi connectivity index (χ3v) is 2.80. The van der Waals surface area contributed by atoms with Gasteiger partial charge in [-0.05, 0) is 30.6 Å². The number of nitrogens with two attached hydrogens (primary N) is 1. The van der Waals surface area contributed by atoms with E-state index in [0.29, 0.717) is 12.2 Å². The Bertz CT molecular complexity index is 348. The van der Waals surface area contributed by atoms with Crippen LogP contribution in [0.4, 0.5) is 0 Å². The monoisotopic (exact) mass is 241 g/mol. The number of rotatable bonds is 7. The summed E-state index contributed by atoms with van der Waals surface area (Å²) < 4.78 is 5.00. The average Bonchev–Trinajstić information content (AvgIpc) is 2.77. The molecule has 4 nitrogen and oxygen atoms in total. The smallest absolute Gasteiger partial charge is 0.215 e. The summed E-state index contributed by atoms with van der Waals surface area (Å²) in [5.74, 6) is 0.283. The molecule has 0 radical (unpaired) electrons. The van der Waals surface area contributed by atoms with Gasteiger partial charge >= 0.3 is 0 Å². The summed E-state index contributed by atoms with van der Waals surface area (Å²) in [5, 5.41) is 0. The topological polar surface area (TPSA) is 73.3 Å². The van der Waals surface area contributed by atoms with Gasteiger partial charge in [-0.3, -0.25) is 9.59 Å². The summed E-state index contributed by atoms with van der Waals surface area (Å²) in [7, 11) is 0. The van der Waals surface area contributed by atoms with E-state index in [4.69, 9.17) is 10.2 Å². The van der Waals surface area contributed by atoms with Crippen molar-refractivity contribution < 1.29 is 14.0 Å². The number of carbonyl (C=O) groups is 2. The molecule has 0 bridgehead atoms. The van der Waals surface area contributed by atoms with Gasteiger partial charge in [0.25, 0.3) is 0 Å². The highest BCUT2D eigenvalue weighted by molar-refractivity contribution is 7.98. The van der Waals surface area contributed by atoms with Gasteiger partial charge in [-0.25, -0.2) is 0 Å². The van der Waals surface area contributed by atoms with Gasteiger partial charge in [0.15, 0.2) is 0 Å². The van der Waals surface area contributed by atoms with E-state index >= 15 is 0 Å². The highest BCUT2D eigenvalue weighted by atomic mass is 32.2. The average molecular weight is 241 g/mol. The highest BCUT2D eigenvalue weighted by Crippen LogP contribution is 2.05. The van der Waals surface area contributed by atoms with Crippen molar-refractivity contribution in [3.8, 4) is 0 Å². The van der Waals surface area contributed by atoms with Crippen molar-refractivity contribution in [2.75, 3.05) is 12.0 Å². The van der Waals surface area contributed by atoms with Gasteiger partial charge in [0.05, 0.1) is 18.7 Å². The Morgan fingerprint density at radius 2 is 2.31 bits per heavy atom. The fourth-order valence-electron chi connectivity index (χ4n) is 1.24. The molecule has 0 saturated carbocycles. The minimum atomic E-state index is -0.685. The Morgan fingerprint density at radius 1 is 1.56 bits per heavy atom. The Kier molecular flexibility index (Phi) is 5.28. The molecule has 0 fully saturated rings. The maximum atomic E-state index is 11.5. The van der Waals surface area contributed by atoms with Crippen LogP contribution in [-0.2, 0) is 16.0 Å². The summed E-state index contributed by atoms with van der Waals surface area (Å²) in [5.41, 5.74) is 5.62. The van der Waals surface area contributed by atoms with Gasteiger partial charge < -0.3 is 10.2 Å². The lowest BCUT2D eigenvalue weighted by Crippen LogP contribution is -2.37. The molecular weight excluding hydrogens is 226 g/mol. The maximum Gasteiger partial charge on any atom is 0.215 e. The second-order valence-corrected chi connectivity index (χ2v) is 4.42. The summed E-state index contributed by atoms with van der Waals surface area (Å²) >= 11 is 1.60. The number of hydrogen-bond donors (Lipinski definition) is 1. The minimum Gasteiger partial charge on any atom is -0.469 e. The molecular formula is C11H15NO3S. The zero-order valence-electron chi connectivity index (χ0n) is 9.14. The second kappa shape index (κ2) is 6.50. The van der Waals surface area contributed by atoms with Crippen LogP contribution in [0, 0.1) is 0 Å². The second-order valence-electron chi connectivity index (χ2n) is 3.43. The predicted molar refractivity (Wildman–Crippen MR) is 63.4 cm³/mol. The van der Waals surface area contributed by atoms with Gasteiger partial charge in [-0.2, -0.15) is 11.8 Å². The van der Waals surface area contributed by atoms with Crippen molar-refractivity contribution in [3.63, 3.8) is 0 Å². The SMILES string of the molecule is CSCC[C@H](N)C(=O)C(=O)Cc1ccco1. The molecule has 0 saturated heterocycles. The third-order valence-electron chi connectivity index (χ3n) is 2.16. The fraction of sp³-hybridized carbons (Fsp3) is 0.455. The normalized spacial score (nSPS) is 12.4. The number of Topliss-reactive ketones (excluding diaryl/α,β-unsaturated/α-hetero) is 2. The zero-order valence-corrected chi connectivity index (χ0v) is 9.96. The number of furan rings is 1. The largest absolute Gasteiger partial charge is 0.469 e. The van der Waals surface area contributed by atoms with Gasteiger partial charge in [0.1, 0.15) is 5.76 Å². The van der Waals surface area contributed by atoms with Crippen LogP contribution in [-0.4, -0.2) is 29.6 Å². The number of carbonyl (C=O) groups excluding carboxylic acids is 2. The Hall–Kier alpha value is -1.07. The number of thioether (sulfide) groups is 1. The van der Waals surface area contributed by atoms with E-state index < -0.39 is 17.6 Å². The van der Waals surface area contributed by atoms with E-state index in [2.05, 4.69) is 0 Å². The van der Waals surface area contributed by atoms with Gasteiger partial charge in [0.2, 0.25) is 11.6 Å². The van der Waals surface area contributed by atoms with Crippen molar-refractivity contribution in [2.24, 2.45) is 5.73 Å². The highest BCUT2D eigenvalue weighted by Gasteiger charge is 2.22. The van der Waals surface area contributed by atoms with Crippen LogP contribution in [0.1, 0.15) is 12.2 Å². The molecule has 0 aliphatic carbocycles. The molecule has 1 aromatic heterocycles. The van der Waals surface area contributed by atoms with Crippen LogP contribution in [0.3, 0.4) is 0 Å². The molecule has 0 amide bonds. The van der Waals surface area contributed by atoms with Gasteiger partial charge in [0, 0.05) is 0 Å². The van der Waals surface area contributed by atoms with E-state index in [1.807, 2.05) is 6.26 Å². The maximum absolute atomic E-state index is 11.5. The molecule has 0 aromatic carbocycles. The van der Waals surface area contributed by atoms with Crippen molar-refractivity contribution in [2.45, 2.75) is 18.9 Å². The Balaban J connectivity index is 2.44. The van der Waals surface area contributed by atoms with Crippen LogP contribution in [0.2, 0.25) is 0 Å². The molecule has 1 rings (SSSR count). The lowest BCUT2D eigenvalue weighted by molar-refractivity contribution is -0.137. The van der Waals surface area contributed by atoms with Crippen LogP contribution < -0.4 is 5.73 Å². The predicted octanol–water partition coefficient (Wildman–Crippen LogP) is 1.04. The van der Waals surface area contributed by atoms with Gasteiger partial charge in [-0.1, -0.05) is 0 Å². The molecule has 5 heteroatoms.